The lowest BCUT2D eigenvalue weighted by Gasteiger charge is -2.19. The Morgan fingerprint density at radius 3 is 2.25 bits per heavy atom. The second-order valence-corrected chi connectivity index (χ2v) is 7.78. The predicted molar refractivity (Wildman–Crippen MR) is 115 cm³/mol. The molecule has 0 aliphatic heterocycles. The van der Waals surface area contributed by atoms with E-state index in [0.29, 0.717) is 29.8 Å². The van der Waals surface area contributed by atoms with Crippen LogP contribution in [0.25, 0.3) is 0 Å². The van der Waals surface area contributed by atoms with Crippen LogP contribution < -0.4 is 14.8 Å². The predicted octanol–water partition coefficient (Wildman–Crippen LogP) is 4.57. The molecule has 0 atom stereocenters. The van der Waals surface area contributed by atoms with E-state index in [1.165, 1.54) is 5.56 Å². The lowest BCUT2D eigenvalue weighted by atomic mass is 9.87. The van der Waals surface area contributed by atoms with E-state index in [1.54, 1.807) is 14.2 Å². The Kier molecular flexibility index (Phi) is 8.08. The maximum absolute atomic E-state index is 5.66. The van der Waals surface area contributed by atoms with E-state index >= 15 is 0 Å². The molecule has 0 aliphatic carbocycles. The molecule has 0 bridgehead atoms. The standard InChI is InChI=1S/C22H29NO4S/c1-22(2,3)18-9-6-16(7-10-18)14-26-21(28)23-13-17-8-11-19(27-15-24-4)20(12-17)25-5/h6-12H,13-15H2,1-5H3,(H,23,28). The lowest BCUT2D eigenvalue weighted by Crippen LogP contribution is -2.23. The zero-order valence-electron chi connectivity index (χ0n) is 17.2. The molecule has 2 aromatic rings. The van der Waals surface area contributed by atoms with Gasteiger partial charge in [0.2, 0.25) is 0 Å². The van der Waals surface area contributed by atoms with Crippen LogP contribution in [0.1, 0.15) is 37.5 Å². The third kappa shape index (κ3) is 6.69. The molecule has 0 spiro atoms. The maximum Gasteiger partial charge on any atom is 0.257 e. The number of benzene rings is 2. The first-order chi connectivity index (χ1) is 13.3. The molecule has 0 heterocycles. The van der Waals surface area contributed by atoms with Crippen molar-refractivity contribution >= 4 is 17.4 Å². The van der Waals surface area contributed by atoms with Gasteiger partial charge in [-0.15, -0.1) is 0 Å². The summed E-state index contributed by atoms with van der Waals surface area (Å²) in [6.07, 6.45) is 0. The van der Waals surface area contributed by atoms with Gasteiger partial charge < -0.3 is 24.3 Å². The molecule has 152 valence electrons. The first-order valence-corrected chi connectivity index (χ1v) is 9.53. The fourth-order valence-electron chi connectivity index (χ4n) is 2.54. The number of nitrogens with one attached hydrogen (secondary N) is 1. The van der Waals surface area contributed by atoms with Gasteiger partial charge in [-0.3, -0.25) is 0 Å². The Balaban J connectivity index is 1.83. The molecule has 0 unspecified atom stereocenters. The molecule has 0 saturated heterocycles. The monoisotopic (exact) mass is 403 g/mol. The van der Waals surface area contributed by atoms with Gasteiger partial charge in [0.15, 0.2) is 18.3 Å². The molecular weight excluding hydrogens is 374 g/mol. The molecular formula is C22H29NO4S. The minimum absolute atomic E-state index is 0.140. The van der Waals surface area contributed by atoms with Crippen LogP contribution in [0.15, 0.2) is 42.5 Å². The van der Waals surface area contributed by atoms with Crippen molar-refractivity contribution in [1.82, 2.24) is 5.32 Å². The maximum atomic E-state index is 5.66. The average molecular weight is 404 g/mol. The van der Waals surface area contributed by atoms with Gasteiger partial charge in [-0.05, 0) is 46.5 Å². The minimum Gasteiger partial charge on any atom is -0.493 e. The SMILES string of the molecule is COCOc1ccc(CNC(=S)OCc2ccc(C(C)(C)C)cc2)cc1OC. The highest BCUT2D eigenvalue weighted by Gasteiger charge is 2.13. The Morgan fingerprint density at radius 1 is 0.964 bits per heavy atom. The van der Waals surface area contributed by atoms with Crippen LogP contribution in [0.5, 0.6) is 11.5 Å². The van der Waals surface area contributed by atoms with Crippen LogP contribution in [0.3, 0.4) is 0 Å². The third-order valence-electron chi connectivity index (χ3n) is 4.19. The molecule has 2 aromatic carbocycles. The zero-order valence-corrected chi connectivity index (χ0v) is 18.0. The van der Waals surface area contributed by atoms with Crippen molar-refractivity contribution in [3.63, 3.8) is 0 Å². The van der Waals surface area contributed by atoms with Crippen LogP contribution >= 0.6 is 12.2 Å². The van der Waals surface area contributed by atoms with Crippen molar-refractivity contribution in [2.75, 3.05) is 21.0 Å². The molecule has 0 aliphatic rings. The Morgan fingerprint density at radius 2 is 1.64 bits per heavy atom. The van der Waals surface area contributed by atoms with E-state index in [4.69, 9.17) is 31.2 Å². The van der Waals surface area contributed by atoms with Crippen LogP contribution in [0.4, 0.5) is 0 Å². The summed E-state index contributed by atoms with van der Waals surface area (Å²) in [5.74, 6) is 1.27. The first-order valence-electron chi connectivity index (χ1n) is 9.12. The largest absolute Gasteiger partial charge is 0.493 e. The normalized spacial score (nSPS) is 11.0. The van der Waals surface area contributed by atoms with E-state index in [0.717, 1.165) is 11.1 Å². The lowest BCUT2D eigenvalue weighted by molar-refractivity contribution is 0.0491. The smallest absolute Gasteiger partial charge is 0.257 e. The van der Waals surface area contributed by atoms with Crippen molar-refractivity contribution in [2.24, 2.45) is 0 Å². The number of ether oxygens (including phenoxy) is 4. The third-order valence-corrected chi connectivity index (χ3v) is 4.45. The highest BCUT2D eigenvalue weighted by atomic mass is 32.1. The van der Waals surface area contributed by atoms with Gasteiger partial charge in [-0.1, -0.05) is 51.1 Å². The Bertz CT molecular complexity index is 769. The van der Waals surface area contributed by atoms with Gasteiger partial charge in [0.25, 0.3) is 5.17 Å². The van der Waals surface area contributed by atoms with Crippen molar-refractivity contribution < 1.29 is 18.9 Å². The summed E-state index contributed by atoms with van der Waals surface area (Å²) in [4.78, 5) is 0. The number of hydrogen-bond acceptors (Lipinski definition) is 5. The molecule has 0 saturated carbocycles. The van der Waals surface area contributed by atoms with Crippen LogP contribution in [0.2, 0.25) is 0 Å². The molecule has 0 radical (unpaired) electrons. The minimum atomic E-state index is 0.140. The molecule has 5 nitrogen and oxygen atoms in total. The van der Waals surface area contributed by atoms with E-state index in [-0.39, 0.29) is 12.2 Å². The number of hydrogen-bond donors (Lipinski definition) is 1. The van der Waals surface area contributed by atoms with Gasteiger partial charge >= 0.3 is 0 Å². The molecule has 0 fully saturated rings. The van der Waals surface area contributed by atoms with Crippen molar-refractivity contribution in [2.45, 2.75) is 39.3 Å². The molecule has 28 heavy (non-hydrogen) atoms. The van der Waals surface area contributed by atoms with Gasteiger partial charge in [0, 0.05) is 13.7 Å². The number of methoxy groups -OCH3 is 2. The fourth-order valence-corrected chi connectivity index (χ4v) is 2.67. The summed E-state index contributed by atoms with van der Waals surface area (Å²) < 4.78 is 21.4. The summed E-state index contributed by atoms with van der Waals surface area (Å²) in [6.45, 7) is 7.73. The number of rotatable bonds is 8. The molecule has 6 heteroatoms. The van der Waals surface area contributed by atoms with Gasteiger partial charge in [-0.25, -0.2) is 0 Å². The van der Waals surface area contributed by atoms with Gasteiger partial charge in [0.05, 0.1) is 7.11 Å². The highest BCUT2D eigenvalue weighted by molar-refractivity contribution is 7.80. The second-order valence-electron chi connectivity index (χ2n) is 7.41. The number of thiocarbonyl (C=S) groups is 1. The summed E-state index contributed by atoms with van der Waals surface area (Å²) in [6, 6.07) is 14.1. The van der Waals surface area contributed by atoms with E-state index in [2.05, 4.69) is 50.4 Å². The van der Waals surface area contributed by atoms with E-state index in [1.807, 2.05) is 18.2 Å². The van der Waals surface area contributed by atoms with Crippen molar-refractivity contribution in [3.8, 4) is 11.5 Å². The Labute approximate surface area is 173 Å². The summed E-state index contributed by atoms with van der Waals surface area (Å²) in [5.41, 5.74) is 3.52. The van der Waals surface area contributed by atoms with Gasteiger partial charge in [-0.2, -0.15) is 0 Å². The fraction of sp³-hybridized carbons (Fsp3) is 0.409. The molecule has 0 aromatic heterocycles. The highest BCUT2D eigenvalue weighted by Crippen LogP contribution is 2.28. The van der Waals surface area contributed by atoms with E-state index < -0.39 is 0 Å². The first kappa shape index (κ1) is 22.0. The van der Waals surface area contributed by atoms with Crippen LogP contribution in [0, 0.1) is 0 Å². The quantitative estimate of drug-likeness (QED) is 0.515. The van der Waals surface area contributed by atoms with Crippen LogP contribution in [-0.2, 0) is 28.0 Å². The molecule has 1 N–H and O–H groups in total. The average Bonchev–Trinajstić information content (AvgIpc) is 2.69. The van der Waals surface area contributed by atoms with Gasteiger partial charge in [0.1, 0.15) is 6.61 Å². The molecule has 2 rings (SSSR count). The molecule has 0 amide bonds. The summed E-state index contributed by atoms with van der Waals surface area (Å²) >= 11 is 5.28. The van der Waals surface area contributed by atoms with Crippen molar-refractivity contribution in [3.05, 3.63) is 59.2 Å². The van der Waals surface area contributed by atoms with Crippen LogP contribution in [-0.4, -0.2) is 26.2 Å². The van der Waals surface area contributed by atoms with Crippen molar-refractivity contribution in [1.29, 1.82) is 0 Å². The van der Waals surface area contributed by atoms with E-state index in [9.17, 15) is 0 Å². The summed E-state index contributed by atoms with van der Waals surface area (Å²) in [7, 11) is 3.18. The zero-order chi connectivity index (χ0) is 20.6. The Hall–Kier alpha value is -2.31. The second kappa shape index (κ2) is 10.3. The topological polar surface area (TPSA) is 49.0 Å². The summed E-state index contributed by atoms with van der Waals surface area (Å²) in [5, 5.41) is 3.47.